The second-order valence-corrected chi connectivity index (χ2v) is 3.68. The monoisotopic (exact) mass is 267 g/mol. The van der Waals surface area contributed by atoms with Gasteiger partial charge in [0.15, 0.2) is 16.3 Å². The van der Waals surface area contributed by atoms with Gasteiger partial charge in [-0.15, -0.1) is 0 Å². The summed E-state index contributed by atoms with van der Waals surface area (Å²) in [5, 5.41) is 3.12. The van der Waals surface area contributed by atoms with E-state index in [1.807, 2.05) is 25.1 Å². The molecule has 2 aromatic rings. The molecule has 0 aliphatic carbocycles. The molecule has 4 nitrogen and oxygen atoms in total. The first kappa shape index (κ1) is 10.2. The molecule has 0 bridgehead atoms. The normalized spacial score (nSPS) is 10.3. The van der Waals surface area contributed by atoms with Crippen molar-refractivity contribution in [3.8, 4) is 11.6 Å². The van der Waals surface area contributed by atoms with Crippen LogP contribution in [0, 0.1) is 0 Å². The molecule has 0 aromatic carbocycles. The molecular formula is C10H10BrN3O. The van der Waals surface area contributed by atoms with E-state index in [4.69, 9.17) is 4.42 Å². The summed E-state index contributed by atoms with van der Waals surface area (Å²) < 4.78 is 6.04. The van der Waals surface area contributed by atoms with Crippen LogP contribution in [-0.4, -0.2) is 16.5 Å². The lowest BCUT2D eigenvalue weighted by atomic mass is 10.4. The van der Waals surface area contributed by atoms with Crippen molar-refractivity contribution in [2.24, 2.45) is 0 Å². The van der Waals surface area contributed by atoms with Gasteiger partial charge >= 0.3 is 0 Å². The van der Waals surface area contributed by atoms with Gasteiger partial charge in [0.25, 0.3) is 0 Å². The zero-order valence-corrected chi connectivity index (χ0v) is 9.78. The van der Waals surface area contributed by atoms with Gasteiger partial charge in [-0.3, -0.25) is 0 Å². The number of hydrogen-bond acceptors (Lipinski definition) is 4. The molecule has 1 N–H and O–H groups in total. The van der Waals surface area contributed by atoms with Gasteiger partial charge in [0.1, 0.15) is 5.82 Å². The Labute approximate surface area is 95.9 Å². The third-order valence-electron chi connectivity index (χ3n) is 1.81. The van der Waals surface area contributed by atoms with Crippen molar-refractivity contribution in [2.75, 3.05) is 11.9 Å². The Morgan fingerprint density at radius 1 is 1.40 bits per heavy atom. The number of furan rings is 1. The molecule has 5 heteroatoms. The van der Waals surface area contributed by atoms with E-state index < -0.39 is 0 Å². The molecule has 2 rings (SSSR count). The van der Waals surface area contributed by atoms with Gasteiger partial charge in [0.05, 0.1) is 0 Å². The van der Waals surface area contributed by atoms with E-state index in [0.29, 0.717) is 16.3 Å². The van der Waals surface area contributed by atoms with Crippen LogP contribution in [0.4, 0.5) is 5.82 Å². The third kappa shape index (κ3) is 2.36. The average Bonchev–Trinajstić information content (AvgIpc) is 2.66. The second-order valence-electron chi connectivity index (χ2n) is 2.90. The molecular weight excluding hydrogens is 258 g/mol. The Kier molecular flexibility index (Phi) is 3.01. The molecule has 0 fully saturated rings. The van der Waals surface area contributed by atoms with Crippen LogP contribution < -0.4 is 5.32 Å². The van der Waals surface area contributed by atoms with Crippen molar-refractivity contribution in [3.63, 3.8) is 0 Å². The van der Waals surface area contributed by atoms with Crippen molar-refractivity contribution in [1.82, 2.24) is 9.97 Å². The van der Waals surface area contributed by atoms with E-state index in [2.05, 4.69) is 31.2 Å². The Hall–Kier alpha value is -1.36. The summed E-state index contributed by atoms with van der Waals surface area (Å²) in [7, 11) is 0. The first-order valence-electron chi connectivity index (χ1n) is 4.62. The highest BCUT2D eigenvalue weighted by atomic mass is 79.9. The number of nitrogens with zero attached hydrogens (tertiary/aromatic N) is 2. The van der Waals surface area contributed by atoms with Gasteiger partial charge in [-0.1, -0.05) is 0 Å². The van der Waals surface area contributed by atoms with Crippen LogP contribution >= 0.6 is 15.9 Å². The Bertz CT molecular complexity index is 455. The minimum atomic E-state index is 0.583. The molecule has 2 aromatic heterocycles. The number of halogens is 1. The molecule has 0 saturated carbocycles. The molecule has 0 aliphatic rings. The molecule has 2 heterocycles. The van der Waals surface area contributed by atoms with E-state index >= 15 is 0 Å². The number of anilines is 1. The van der Waals surface area contributed by atoms with Crippen molar-refractivity contribution >= 4 is 21.7 Å². The molecule has 0 saturated heterocycles. The van der Waals surface area contributed by atoms with E-state index in [1.54, 1.807) is 6.20 Å². The predicted molar refractivity (Wildman–Crippen MR) is 61.6 cm³/mol. The van der Waals surface area contributed by atoms with Gasteiger partial charge in [-0.25, -0.2) is 9.97 Å². The molecule has 15 heavy (non-hydrogen) atoms. The molecule has 0 amide bonds. The first-order valence-corrected chi connectivity index (χ1v) is 5.41. The van der Waals surface area contributed by atoms with Gasteiger partial charge in [-0.2, -0.15) is 0 Å². The number of nitrogens with one attached hydrogen (secondary N) is 1. The Morgan fingerprint density at radius 3 is 2.93 bits per heavy atom. The van der Waals surface area contributed by atoms with Gasteiger partial charge in [0, 0.05) is 12.7 Å². The van der Waals surface area contributed by atoms with E-state index in [0.717, 1.165) is 12.4 Å². The van der Waals surface area contributed by atoms with E-state index in [9.17, 15) is 0 Å². The summed E-state index contributed by atoms with van der Waals surface area (Å²) in [5.74, 6) is 2.04. The highest BCUT2D eigenvalue weighted by Gasteiger charge is 2.06. The summed E-state index contributed by atoms with van der Waals surface area (Å²) in [6.45, 7) is 2.85. The minimum absolute atomic E-state index is 0.583. The van der Waals surface area contributed by atoms with Gasteiger partial charge in [0.2, 0.25) is 0 Å². The fourth-order valence-corrected chi connectivity index (χ4v) is 1.50. The largest absolute Gasteiger partial charge is 0.446 e. The maximum Gasteiger partial charge on any atom is 0.197 e. The minimum Gasteiger partial charge on any atom is -0.446 e. The Balaban J connectivity index is 2.32. The molecule has 0 unspecified atom stereocenters. The topological polar surface area (TPSA) is 51.0 Å². The maximum absolute atomic E-state index is 5.37. The van der Waals surface area contributed by atoms with E-state index in [-0.39, 0.29) is 0 Å². The van der Waals surface area contributed by atoms with Crippen LogP contribution in [0.1, 0.15) is 6.92 Å². The zero-order valence-electron chi connectivity index (χ0n) is 8.20. The summed E-state index contributed by atoms with van der Waals surface area (Å²) >= 11 is 3.24. The zero-order chi connectivity index (χ0) is 10.7. The average molecular weight is 268 g/mol. The SMILES string of the molecule is CCNc1ccnc(-c2ccc(Br)o2)n1. The Morgan fingerprint density at radius 2 is 2.27 bits per heavy atom. The summed E-state index contributed by atoms with van der Waals surface area (Å²) in [5.41, 5.74) is 0. The van der Waals surface area contributed by atoms with Crippen LogP contribution in [0.2, 0.25) is 0 Å². The smallest absolute Gasteiger partial charge is 0.197 e. The number of hydrogen-bond donors (Lipinski definition) is 1. The quantitative estimate of drug-likeness (QED) is 0.929. The third-order valence-corrected chi connectivity index (χ3v) is 2.23. The van der Waals surface area contributed by atoms with E-state index in [1.165, 1.54) is 0 Å². The first-order chi connectivity index (χ1) is 7.29. The standard InChI is InChI=1S/C10H10BrN3O/c1-2-12-9-5-6-13-10(14-9)7-3-4-8(11)15-7/h3-6H,2H2,1H3,(H,12,13,14). The van der Waals surface area contributed by atoms with Crippen LogP contribution in [0.15, 0.2) is 33.5 Å². The molecule has 0 spiro atoms. The van der Waals surface area contributed by atoms with Crippen LogP contribution in [0.3, 0.4) is 0 Å². The van der Waals surface area contributed by atoms with Crippen LogP contribution in [-0.2, 0) is 0 Å². The van der Waals surface area contributed by atoms with Gasteiger partial charge < -0.3 is 9.73 Å². The second kappa shape index (κ2) is 4.44. The fourth-order valence-electron chi connectivity index (χ4n) is 1.19. The highest BCUT2D eigenvalue weighted by Crippen LogP contribution is 2.22. The van der Waals surface area contributed by atoms with Crippen LogP contribution in [0.25, 0.3) is 11.6 Å². The molecule has 0 aliphatic heterocycles. The highest BCUT2D eigenvalue weighted by molar-refractivity contribution is 9.10. The van der Waals surface area contributed by atoms with Crippen LogP contribution in [0.5, 0.6) is 0 Å². The number of rotatable bonds is 3. The molecule has 0 atom stereocenters. The fraction of sp³-hybridized carbons (Fsp3) is 0.200. The van der Waals surface area contributed by atoms with Crippen molar-refractivity contribution < 1.29 is 4.42 Å². The number of aromatic nitrogens is 2. The van der Waals surface area contributed by atoms with Crippen molar-refractivity contribution in [2.45, 2.75) is 6.92 Å². The molecule has 78 valence electrons. The lowest BCUT2D eigenvalue weighted by molar-refractivity contribution is 0.551. The molecule has 0 radical (unpaired) electrons. The lowest BCUT2D eigenvalue weighted by Crippen LogP contribution is -2.00. The summed E-state index contributed by atoms with van der Waals surface area (Å²) in [6.07, 6.45) is 1.71. The lowest BCUT2D eigenvalue weighted by Gasteiger charge is -2.02. The predicted octanol–water partition coefficient (Wildman–Crippen LogP) is 2.93. The van der Waals surface area contributed by atoms with Crippen molar-refractivity contribution in [1.29, 1.82) is 0 Å². The van der Waals surface area contributed by atoms with Gasteiger partial charge in [-0.05, 0) is 41.1 Å². The summed E-state index contributed by atoms with van der Waals surface area (Å²) in [6, 6.07) is 5.47. The van der Waals surface area contributed by atoms with Crippen molar-refractivity contribution in [3.05, 3.63) is 29.1 Å². The maximum atomic E-state index is 5.37. The summed E-state index contributed by atoms with van der Waals surface area (Å²) in [4.78, 5) is 8.45.